The van der Waals surface area contributed by atoms with E-state index in [1.165, 1.54) is 6.07 Å². The molecule has 0 atom stereocenters. The Morgan fingerprint density at radius 2 is 1.89 bits per heavy atom. The Labute approximate surface area is 124 Å². The van der Waals surface area contributed by atoms with E-state index < -0.39 is 17.5 Å². The van der Waals surface area contributed by atoms with E-state index in [1.54, 1.807) is 12.1 Å². The summed E-state index contributed by atoms with van der Waals surface area (Å²) in [7, 11) is 0. The van der Waals surface area contributed by atoms with Crippen LogP contribution >= 0.6 is 31.9 Å². The molecule has 7 heteroatoms. The van der Waals surface area contributed by atoms with Gasteiger partial charge in [0.25, 0.3) is 5.91 Å². The van der Waals surface area contributed by atoms with Crippen molar-refractivity contribution in [2.75, 3.05) is 5.32 Å². The van der Waals surface area contributed by atoms with Crippen LogP contribution in [0, 0.1) is 11.6 Å². The Hall–Kier alpha value is -1.34. The van der Waals surface area contributed by atoms with Crippen molar-refractivity contribution in [3.63, 3.8) is 0 Å². The molecule has 0 aliphatic rings. The Balaban J connectivity index is 2.27. The molecule has 0 fully saturated rings. The molecule has 0 aliphatic heterocycles. The summed E-state index contributed by atoms with van der Waals surface area (Å²) in [5, 5.41) is 2.33. The van der Waals surface area contributed by atoms with Gasteiger partial charge in [-0.15, -0.1) is 0 Å². The van der Waals surface area contributed by atoms with E-state index in [0.717, 1.165) is 6.07 Å². The van der Waals surface area contributed by atoms with Crippen LogP contribution in [-0.2, 0) is 0 Å². The van der Waals surface area contributed by atoms with Gasteiger partial charge >= 0.3 is 0 Å². The van der Waals surface area contributed by atoms with Gasteiger partial charge in [0.15, 0.2) is 0 Å². The van der Waals surface area contributed by atoms with Crippen molar-refractivity contribution in [2.24, 2.45) is 0 Å². The summed E-state index contributed by atoms with van der Waals surface area (Å²) in [6.45, 7) is 0. The van der Waals surface area contributed by atoms with E-state index in [9.17, 15) is 13.6 Å². The topological polar surface area (TPSA) is 42.0 Å². The highest BCUT2D eigenvalue weighted by molar-refractivity contribution is 9.10. The van der Waals surface area contributed by atoms with Gasteiger partial charge in [0.2, 0.25) is 0 Å². The predicted molar refractivity (Wildman–Crippen MR) is 73.9 cm³/mol. The van der Waals surface area contributed by atoms with Crippen molar-refractivity contribution in [2.45, 2.75) is 0 Å². The molecule has 1 N–H and O–H groups in total. The second kappa shape index (κ2) is 5.75. The van der Waals surface area contributed by atoms with Crippen LogP contribution in [0.15, 0.2) is 39.4 Å². The highest BCUT2D eigenvalue weighted by Crippen LogP contribution is 2.24. The monoisotopic (exact) mass is 390 g/mol. The normalized spacial score (nSPS) is 10.3. The molecule has 2 rings (SSSR count). The summed E-state index contributed by atoms with van der Waals surface area (Å²) in [4.78, 5) is 15.8. The number of halogens is 4. The fourth-order valence-electron chi connectivity index (χ4n) is 1.34. The van der Waals surface area contributed by atoms with Crippen molar-refractivity contribution < 1.29 is 13.6 Å². The first-order valence-corrected chi connectivity index (χ1v) is 6.64. The van der Waals surface area contributed by atoms with Crippen LogP contribution in [0.1, 0.15) is 10.5 Å². The molecule has 98 valence electrons. The highest BCUT2D eigenvalue weighted by atomic mass is 79.9. The number of nitrogens with zero attached hydrogens (tertiary/aromatic N) is 1. The number of rotatable bonds is 2. The molecule has 0 saturated heterocycles. The van der Waals surface area contributed by atoms with Gasteiger partial charge in [0, 0.05) is 6.07 Å². The molecule has 0 radical (unpaired) electrons. The number of benzene rings is 1. The molecule has 1 aromatic carbocycles. The summed E-state index contributed by atoms with van der Waals surface area (Å²) in [6.07, 6.45) is 0. The molecular weight excluding hydrogens is 386 g/mol. The predicted octanol–water partition coefficient (Wildman–Crippen LogP) is 4.14. The minimum atomic E-state index is -0.857. The third kappa shape index (κ3) is 3.36. The van der Waals surface area contributed by atoms with Gasteiger partial charge in [-0.05, 0) is 50.1 Å². The molecule has 19 heavy (non-hydrogen) atoms. The number of anilines is 1. The smallest absolute Gasteiger partial charge is 0.274 e. The lowest BCUT2D eigenvalue weighted by molar-refractivity contribution is 0.102. The molecule has 1 amide bonds. The van der Waals surface area contributed by atoms with Gasteiger partial charge in [-0.25, -0.2) is 13.8 Å². The van der Waals surface area contributed by atoms with Gasteiger partial charge < -0.3 is 5.32 Å². The van der Waals surface area contributed by atoms with Crippen molar-refractivity contribution in [3.05, 3.63) is 56.7 Å². The standard InChI is InChI=1S/C12H6Br2F2N2O/c13-6-4-10(8(16)5-7(6)15)18-12(19)9-2-1-3-11(14)17-9/h1-5H,(H,18,19). The lowest BCUT2D eigenvalue weighted by Crippen LogP contribution is -2.14. The lowest BCUT2D eigenvalue weighted by atomic mass is 10.2. The maximum atomic E-state index is 13.5. The number of carbonyl (C=O) groups is 1. The first kappa shape index (κ1) is 14.1. The summed E-state index contributed by atoms with van der Waals surface area (Å²) < 4.78 is 27.1. The van der Waals surface area contributed by atoms with Crippen molar-refractivity contribution in [1.82, 2.24) is 4.98 Å². The first-order valence-electron chi connectivity index (χ1n) is 5.06. The molecule has 3 nitrogen and oxygen atoms in total. The second-order valence-corrected chi connectivity index (χ2v) is 5.21. The number of hydrogen-bond donors (Lipinski definition) is 1. The third-order valence-corrected chi connectivity index (χ3v) is 3.26. The number of hydrogen-bond acceptors (Lipinski definition) is 2. The second-order valence-electron chi connectivity index (χ2n) is 3.55. The van der Waals surface area contributed by atoms with Crippen LogP contribution < -0.4 is 5.32 Å². The fourth-order valence-corrected chi connectivity index (χ4v) is 2.03. The molecule has 0 unspecified atom stereocenters. The van der Waals surface area contributed by atoms with Gasteiger partial charge in [0.1, 0.15) is 21.9 Å². The van der Waals surface area contributed by atoms with E-state index in [4.69, 9.17) is 0 Å². The van der Waals surface area contributed by atoms with E-state index in [1.807, 2.05) is 0 Å². The molecule has 0 saturated carbocycles. The number of nitrogens with one attached hydrogen (secondary N) is 1. The number of pyridine rings is 1. The first-order chi connectivity index (χ1) is 8.97. The van der Waals surface area contributed by atoms with Gasteiger partial charge in [0.05, 0.1) is 10.2 Å². The molecule has 1 heterocycles. The number of amides is 1. The average molecular weight is 392 g/mol. The van der Waals surface area contributed by atoms with Gasteiger partial charge in [-0.1, -0.05) is 6.07 Å². The van der Waals surface area contributed by atoms with Crippen molar-refractivity contribution in [1.29, 1.82) is 0 Å². The molecule has 0 spiro atoms. The number of carbonyl (C=O) groups excluding carboxylic acids is 1. The molecule has 0 bridgehead atoms. The van der Waals surface area contributed by atoms with E-state index in [-0.39, 0.29) is 15.9 Å². The number of aromatic nitrogens is 1. The zero-order chi connectivity index (χ0) is 14.0. The Bertz CT molecular complexity index is 650. The van der Waals surface area contributed by atoms with E-state index in [2.05, 4.69) is 42.2 Å². The van der Waals surface area contributed by atoms with Crippen LogP contribution in [-0.4, -0.2) is 10.9 Å². The largest absolute Gasteiger partial charge is 0.318 e. The Kier molecular flexibility index (Phi) is 4.26. The van der Waals surface area contributed by atoms with Crippen LogP contribution in [0.2, 0.25) is 0 Å². The average Bonchev–Trinajstić information content (AvgIpc) is 2.36. The Morgan fingerprint density at radius 1 is 1.16 bits per heavy atom. The molecule has 0 aliphatic carbocycles. The molecule has 2 aromatic rings. The van der Waals surface area contributed by atoms with Crippen LogP contribution in [0.4, 0.5) is 14.5 Å². The highest BCUT2D eigenvalue weighted by Gasteiger charge is 2.13. The maximum Gasteiger partial charge on any atom is 0.274 e. The van der Waals surface area contributed by atoms with Gasteiger partial charge in [-0.2, -0.15) is 0 Å². The lowest BCUT2D eigenvalue weighted by Gasteiger charge is -2.07. The summed E-state index contributed by atoms with van der Waals surface area (Å²) in [5.74, 6) is -2.18. The van der Waals surface area contributed by atoms with Crippen molar-refractivity contribution >= 4 is 43.5 Å². The van der Waals surface area contributed by atoms with Crippen LogP contribution in [0.5, 0.6) is 0 Å². The SMILES string of the molecule is O=C(Nc1cc(Br)c(F)cc1F)c1cccc(Br)n1. The quantitative estimate of drug-likeness (QED) is 0.617. The van der Waals surface area contributed by atoms with E-state index in [0.29, 0.717) is 10.7 Å². The molecule has 1 aromatic heterocycles. The zero-order valence-electron chi connectivity index (χ0n) is 9.25. The van der Waals surface area contributed by atoms with Crippen LogP contribution in [0.3, 0.4) is 0 Å². The summed E-state index contributed by atoms with van der Waals surface area (Å²) in [5.41, 5.74) is -0.00530. The fraction of sp³-hybridized carbons (Fsp3) is 0. The summed E-state index contributed by atoms with van der Waals surface area (Å²) >= 11 is 6.05. The van der Waals surface area contributed by atoms with E-state index >= 15 is 0 Å². The van der Waals surface area contributed by atoms with Crippen molar-refractivity contribution in [3.8, 4) is 0 Å². The third-order valence-electron chi connectivity index (χ3n) is 2.21. The minimum Gasteiger partial charge on any atom is -0.318 e. The maximum absolute atomic E-state index is 13.5. The molecular formula is C12H6Br2F2N2O. The zero-order valence-corrected chi connectivity index (χ0v) is 12.4. The Morgan fingerprint density at radius 3 is 2.58 bits per heavy atom. The van der Waals surface area contributed by atoms with Crippen LogP contribution in [0.25, 0.3) is 0 Å². The minimum absolute atomic E-state index is 0.0615. The summed E-state index contributed by atoms with van der Waals surface area (Å²) in [6, 6.07) is 6.61. The van der Waals surface area contributed by atoms with Gasteiger partial charge in [-0.3, -0.25) is 4.79 Å².